The lowest BCUT2D eigenvalue weighted by molar-refractivity contribution is 0.0264. The van der Waals surface area contributed by atoms with Gasteiger partial charge in [-0.05, 0) is 47.8 Å². The Morgan fingerprint density at radius 3 is 2.90 bits per heavy atom. The van der Waals surface area contributed by atoms with E-state index in [0.717, 1.165) is 12.5 Å². The molecule has 21 heavy (non-hydrogen) atoms. The van der Waals surface area contributed by atoms with Crippen LogP contribution in [0.2, 0.25) is 0 Å². The Morgan fingerprint density at radius 1 is 1.52 bits per heavy atom. The molecule has 5 nitrogen and oxygen atoms in total. The average Bonchev–Trinajstić information content (AvgIpc) is 2.43. The third kappa shape index (κ3) is 3.56. The number of nitrogen functional groups attached to an aromatic ring is 1. The van der Waals surface area contributed by atoms with Crippen LogP contribution in [0.5, 0.6) is 0 Å². The third-order valence-electron chi connectivity index (χ3n) is 3.38. The van der Waals surface area contributed by atoms with Crippen molar-refractivity contribution in [3.63, 3.8) is 0 Å². The molecule has 0 aromatic heterocycles. The number of hydrogen-bond acceptors (Lipinski definition) is 4. The number of sulfonamides is 1. The predicted octanol–water partition coefficient (Wildman–Crippen LogP) is 2.36. The molecule has 0 radical (unpaired) electrons. The Bertz CT molecular complexity index is 622. The molecule has 1 saturated heterocycles. The van der Waals surface area contributed by atoms with Crippen LogP contribution in [-0.4, -0.2) is 38.5 Å². The summed E-state index contributed by atoms with van der Waals surface area (Å²) < 4.78 is 46.2. The quantitative estimate of drug-likeness (QED) is 0.813. The molecule has 8 heteroatoms. The zero-order valence-electron chi connectivity index (χ0n) is 11.7. The fourth-order valence-electron chi connectivity index (χ4n) is 2.41. The summed E-state index contributed by atoms with van der Waals surface area (Å²) in [6, 6.07) is 2.49. The lowest BCUT2D eigenvalue weighted by atomic mass is 10.1. The van der Waals surface area contributed by atoms with Gasteiger partial charge in [0.1, 0.15) is 4.90 Å². The van der Waals surface area contributed by atoms with Crippen LogP contribution in [0, 0.1) is 5.82 Å². The van der Waals surface area contributed by atoms with E-state index in [4.69, 9.17) is 10.5 Å². The number of benzene rings is 1. The molecule has 1 atom stereocenters. The average molecular weight is 381 g/mol. The Kier molecular flexibility index (Phi) is 5.24. The molecule has 0 saturated carbocycles. The lowest BCUT2D eigenvalue weighted by Gasteiger charge is -2.31. The van der Waals surface area contributed by atoms with E-state index in [1.807, 2.05) is 6.92 Å². The molecule has 1 unspecified atom stereocenters. The number of rotatable bonds is 4. The Morgan fingerprint density at radius 2 is 2.24 bits per heavy atom. The monoisotopic (exact) mass is 380 g/mol. The van der Waals surface area contributed by atoms with Crippen molar-refractivity contribution in [1.29, 1.82) is 0 Å². The van der Waals surface area contributed by atoms with Gasteiger partial charge in [0.15, 0.2) is 5.82 Å². The largest absolute Gasteiger partial charge is 0.399 e. The van der Waals surface area contributed by atoms with Gasteiger partial charge in [-0.25, -0.2) is 12.8 Å². The standard InChI is InChI=1S/C13H18BrFN2O3S/c1-2-20-10-4-3-5-17(8-10)21(18,19)12-7-9(16)6-11(14)13(12)15/h6-7,10H,2-5,8,16H2,1H3. The van der Waals surface area contributed by atoms with Crippen molar-refractivity contribution in [2.24, 2.45) is 0 Å². The fraction of sp³-hybridized carbons (Fsp3) is 0.538. The molecule has 2 rings (SSSR count). The molecule has 0 amide bonds. The Hall–Kier alpha value is -0.700. The van der Waals surface area contributed by atoms with Crippen molar-refractivity contribution in [1.82, 2.24) is 4.31 Å². The van der Waals surface area contributed by atoms with Gasteiger partial charge in [-0.1, -0.05) is 0 Å². The molecule has 1 fully saturated rings. The maximum Gasteiger partial charge on any atom is 0.246 e. The first-order valence-electron chi connectivity index (χ1n) is 6.72. The van der Waals surface area contributed by atoms with Crippen LogP contribution in [0.25, 0.3) is 0 Å². The number of hydrogen-bond donors (Lipinski definition) is 1. The van der Waals surface area contributed by atoms with Crippen LogP contribution in [-0.2, 0) is 14.8 Å². The van der Waals surface area contributed by atoms with E-state index < -0.39 is 20.7 Å². The second-order valence-corrected chi connectivity index (χ2v) is 7.66. The Labute approximate surface area is 132 Å². The third-order valence-corrected chi connectivity index (χ3v) is 5.82. The normalized spacial score (nSPS) is 20.6. The first-order valence-corrected chi connectivity index (χ1v) is 8.95. The van der Waals surface area contributed by atoms with Gasteiger partial charge >= 0.3 is 0 Å². The second-order valence-electron chi connectivity index (χ2n) is 4.90. The fourth-order valence-corrected chi connectivity index (χ4v) is 4.65. The van der Waals surface area contributed by atoms with Crippen molar-refractivity contribution in [3.8, 4) is 0 Å². The van der Waals surface area contributed by atoms with Gasteiger partial charge in [-0.15, -0.1) is 0 Å². The molecule has 0 bridgehead atoms. The molecule has 1 aliphatic rings. The number of halogens is 2. The summed E-state index contributed by atoms with van der Waals surface area (Å²) in [5, 5.41) is 0. The minimum atomic E-state index is -3.92. The Balaban J connectivity index is 2.34. The maximum atomic E-state index is 14.1. The highest BCUT2D eigenvalue weighted by molar-refractivity contribution is 9.10. The molecular formula is C13H18BrFN2O3S. The first kappa shape index (κ1) is 16.7. The number of ether oxygens (including phenoxy) is 1. The highest BCUT2D eigenvalue weighted by atomic mass is 79.9. The minimum Gasteiger partial charge on any atom is -0.399 e. The molecule has 1 heterocycles. The zero-order valence-corrected chi connectivity index (χ0v) is 14.1. The molecule has 1 aliphatic heterocycles. The molecule has 2 N–H and O–H groups in total. The molecule has 0 spiro atoms. The summed E-state index contributed by atoms with van der Waals surface area (Å²) >= 11 is 2.99. The van der Waals surface area contributed by atoms with Crippen LogP contribution in [0.3, 0.4) is 0 Å². The highest BCUT2D eigenvalue weighted by Gasteiger charge is 2.33. The van der Waals surface area contributed by atoms with Gasteiger partial charge in [-0.2, -0.15) is 4.31 Å². The van der Waals surface area contributed by atoms with E-state index in [1.165, 1.54) is 10.4 Å². The smallest absolute Gasteiger partial charge is 0.246 e. The topological polar surface area (TPSA) is 72.6 Å². The summed E-state index contributed by atoms with van der Waals surface area (Å²) in [7, 11) is -3.92. The number of nitrogens with two attached hydrogens (primary N) is 1. The zero-order chi connectivity index (χ0) is 15.6. The summed E-state index contributed by atoms with van der Waals surface area (Å²) in [5.74, 6) is -0.817. The molecule has 0 aliphatic carbocycles. The summed E-state index contributed by atoms with van der Waals surface area (Å²) in [5.41, 5.74) is 5.82. The summed E-state index contributed by atoms with van der Waals surface area (Å²) in [6.45, 7) is 2.98. The van der Waals surface area contributed by atoms with Gasteiger partial charge in [0.05, 0.1) is 10.6 Å². The van der Waals surface area contributed by atoms with Crippen molar-refractivity contribution < 1.29 is 17.5 Å². The van der Waals surface area contributed by atoms with Gasteiger partial charge in [0, 0.05) is 25.4 Å². The second kappa shape index (κ2) is 6.60. The van der Waals surface area contributed by atoms with Gasteiger partial charge in [-0.3, -0.25) is 0 Å². The maximum absolute atomic E-state index is 14.1. The SMILES string of the molecule is CCOC1CCCN(S(=O)(=O)c2cc(N)cc(Br)c2F)C1. The van der Waals surface area contributed by atoms with E-state index in [9.17, 15) is 12.8 Å². The lowest BCUT2D eigenvalue weighted by Crippen LogP contribution is -2.43. The van der Waals surface area contributed by atoms with E-state index in [1.54, 1.807) is 0 Å². The van der Waals surface area contributed by atoms with Crippen LogP contribution < -0.4 is 5.73 Å². The number of anilines is 1. The molecule has 1 aromatic rings. The first-order chi connectivity index (χ1) is 9.86. The van der Waals surface area contributed by atoms with Crippen LogP contribution >= 0.6 is 15.9 Å². The molecular weight excluding hydrogens is 363 g/mol. The number of nitrogens with zero attached hydrogens (tertiary/aromatic N) is 1. The van der Waals surface area contributed by atoms with E-state index in [2.05, 4.69) is 15.9 Å². The van der Waals surface area contributed by atoms with Crippen molar-refractivity contribution in [2.45, 2.75) is 30.8 Å². The van der Waals surface area contributed by atoms with E-state index >= 15 is 0 Å². The van der Waals surface area contributed by atoms with Crippen molar-refractivity contribution in [3.05, 3.63) is 22.4 Å². The van der Waals surface area contributed by atoms with Crippen molar-refractivity contribution in [2.75, 3.05) is 25.4 Å². The van der Waals surface area contributed by atoms with Crippen LogP contribution in [0.1, 0.15) is 19.8 Å². The highest BCUT2D eigenvalue weighted by Crippen LogP contribution is 2.29. The minimum absolute atomic E-state index is 0.0412. The van der Waals surface area contributed by atoms with Gasteiger partial charge in [0.25, 0.3) is 0 Å². The van der Waals surface area contributed by atoms with Crippen LogP contribution in [0.15, 0.2) is 21.5 Å². The summed E-state index contributed by atoms with van der Waals surface area (Å²) in [4.78, 5) is -0.397. The van der Waals surface area contributed by atoms with Gasteiger partial charge in [0.2, 0.25) is 10.0 Å². The van der Waals surface area contributed by atoms with Crippen molar-refractivity contribution >= 4 is 31.6 Å². The van der Waals surface area contributed by atoms with Crippen LogP contribution in [0.4, 0.5) is 10.1 Å². The molecule has 118 valence electrons. The summed E-state index contributed by atoms with van der Waals surface area (Å²) in [6.07, 6.45) is 1.35. The predicted molar refractivity (Wildman–Crippen MR) is 81.9 cm³/mol. The van der Waals surface area contributed by atoms with E-state index in [0.29, 0.717) is 19.6 Å². The molecule has 1 aromatic carbocycles. The van der Waals surface area contributed by atoms with E-state index in [-0.39, 0.29) is 22.8 Å². The van der Waals surface area contributed by atoms with Gasteiger partial charge < -0.3 is 10.5 Å². The number of piperidine rings is 1.